The number of hydrogen-bond acceptors (Lipinski definition) is 13. The molecule has 2 rings (SSSR count). The summed E-state index contributed by atoms with van der Waals surface area (Å²) >= 11 is 0. The second kappa shape index (κ2) is 51.2. The van der Waals surface area contributed by atoms with Crippen LogP contribution in [-0.2, 0) is 23.7 Å². The average Bonchev–Trinajstić information content (AvgIpc) is 3.48. The van der Waals surface area contributed by atoms with E-state index in [1.807, 2.05) is 6.08 Å². The molecule has 2 fully saturated rings. The van der Waals surface area contributed by atoms with Gasteiger partial charge >= 0.3 is 0 Å². The smallest absolute Gasteiger partial charge is 0.220 e. The molecule has 0 aliphatic carbocycles. The van der Waals surface area contributed by atoms with Crippen LogP contribution in [0.4, 0.5) is 0 Å². The molecule has 0 bridgehead atoms. The van der Waals surface area contributed by atoms with Gasteiger partial charge in [-0.25, -0.2) is 0 Å². The van der Waals surface area contributed by atoms with Gasteiger partial charge in [-0.2, -0.15) is 0 Å². The van der Waals surface area contributed by atoms with Gasteiger partial charge in [-0.05, 0) is 19.3 Å². The lowest BCUT2D eigenvalue weighted by Gasteiger charge is -2.46. The number of hydrogen-bond donors (Lipinski definition) is 9. The molecule has 14 heteroatoms. The van der Waals surface area contributed by atoms with Crippen LogP contribution in [0.5, 0.6) is 0 Å². The van der Waals surface area contributed by atoms with Crippen molar-refractivity contribution in [2.75, 3.05) is 19.8 Å². The minimum Gasteiger partial charge on any atom is -0.394 e. The molecule has 12 unspecified atom stereocenters. The zero-order valence-electron chi connectivity index (χ0n) is 50.6. The fourth-order valence-corrected chi connectivity index (χ4v) is 11.4. The molecular weight excluding hydrogens is 1000 g/mol. The number of rotatable bonds is 55. The number of ether oxygens (including phenoxy) is 4. The Balaban J connectivity index is 1.69. The number of amides is 1. The molecule has 0 radical (unpaired) electrons. The molecule has 9 N–H and O–H groups in total. The van der Waals surface area contributed by atoms with Crippen molar-refractivity contribution in [1.29, 1.82) is 0 Å². The monoisotopic (exact) mass is 1130 g/mol. The quantitative estimate of drug-likeness (QED) is 0.0204. The molecule has 2 heterocycles. The normalized spacial score (nSPS) is 24.4. The minimum absolute atomic E-state index is 0.232. The number of carbonyl (C=O) groups excluding carboxylic acids is 1. The Morgan fingerprint density at radius 2 is 0.785 bits per heavy atom. The summed E-state index contributed by atoms with van der Waals surface area (Å²) in [6.07, 6.45) is 44.0. The highest BCUT2D eigenvalue weighted by Crippen LogP contribution is 2.30. The Morgan fingerprint density at radius 1 is 0.443 bits per heavy atom. The highest BCUT2D eigenvalue weighted by Gasteiger charge is 2.51. The van der Waals surface area contributed by atoms with Crippen molar-refractivity contribution in [3.8, 4) is 0 Å². The maximum Gasteiger partial charge on any atom is 0.220 e. The van der Waals surface area contributed by atoms with E-state index >= 15 is 0 Å². The summed E-state index contributed by atoms with van der Waals surface area (Å²) in [7, 11) is 0. The highest BCUT2D eigenvalue weighted by atomic mass is 16.7. The molecule has 0 aromatic rings. The number of carbonyl (C=O) groups is 1. The highest BCUT2D eigenvalue weighted by molar-refractivity contribution is 5.76. The number of nitrogens with one attached hydrogen (secondary N) is 1. The third-order valence-corrected chi connectivity index (χ3v) is 16.7. The summed E-state index contributed by atoms with van der Waals surface area (Å²) in [5, 5.41) is 87.3. The van der Waals surface area contributed by atoms with E-state index in [1.54, 1.807) is 6.08 Å². The molecule has 0 aromatic heterocycles. The van der Waals surface area contributed by atoms with Gasteiger partial charge in [0.1, 0.15) is 48.8 Å². The van der Waals surface area contributed by atoms with Crippen LogP contribution in [0.3, 0.4) is 0 Å². The fourth-order valence-electron chi connectivity index (χ4n) is 11.4. The van der Waals surface area contributed by atoms with E-state index in [1.165, 1.54) is 238 Å². The van der Waals surface area contributed by atoms with E-state index < -0.39 is 86.8 Å². The summed E-state index contributed by atoms with van der Waals surface area (Å²) in [6, 6.07) is -0.910. The van der Waals surface area contributed by atoms with Crippen molar-refractivity contribution in [3.05, 3.63) is 12.2 Å². The van der Waals surface area contributed by atoms with Crippen molar-refractivity contribution in [1.82, 2.24) is 5.32 Å². The zero-order valence-corrected chi connectivity index (χ0v) is 50.6. The molecular formula is C65H125NO13. The fraction of sp³-hybridized carbons (Fsp3) is 0.954. The van der Waals surface area contributed by atoms with E-state index in [4.69, 9.17) is 18.9 Å². The third-order valence-electron chi connectivity index (χ3n) is 16.7. The molecule has 0 aromatic carbocycles. The first-order chi connectivity index (χ1) is 38.6. The summed E-state index contributed by atoms with van der Waals surface area (Å²) in [6.45, 7) is 2.85. The Labute approximate surface area is 482 Å². The average molecular weight is 1130 g/mol. The van der Waals surface area contributed by atoms with Crippen LogP contribution in [0, 0.1) is 0 Å². The lowest BCUT2D eigenvalue weighted by atomic mass is 9.97. The Hall–Kier alpha value is -1.27. The van der Waals surface area contributed by atoms with Crippen molar-refractivity contribution in [2.24, 2.45) is 0 Å². The predicted molar refractivity (Wildman–Crippen MR) is 319 cm³/mol. The standard InChI is InChI=1S/C65H125NO13/c1-3-5-7-9-11-13-15-17-19-21-23-24-25-26-27-28-29-31-33-35-37-39-41-43-45-47-49-57(70)66-53(54(69)48-46-44-42-40-38-36-34-32-30-22-20-18-16-14-12-10-8-6-4-2)52-76-64-62(75)60(73)63(56(51-68)78-64)79-65-61(74)59(72)58(71)55(50-67)77-65/h46,48,53-56,58-65,67-69,71-75H,3-45,47,49-52H2,1-2H3,(H,66,70)/b48-46+. The Bertz CT molecular complexity index is 1380. The van der Waals surface area contributed by atoms with E-state index in [2.05, 4.69) is 19.2 Å². The van der Waals surface area contributed by atoms with Gasteiger partial charge in [-0.3, -0.25) is 4.79 Å². The van der Waals surface area contributed by atoms with Gasteiger partial charge in [0, 0.05) is 6.42 Å². The summed E-state index contributed by atoms with van der Waals surface area (Å²) < 4.78 is 22.8. The van der Waals surface area contributed by atoms with E-state index in [9.17, 15) is 45.6 Å². The Kier molecular flexibility index (Phi) is 47.8. The molecule has 2 aliphatic heterocycles. The maximum atomic E-state index is 13.3. The van der Waals surface area contributed by atoms with Crippen LogP contribution in [0.25, 0.3) is 0 Å². The SMILES string of the molecule is CCCCCCCCCCCCCCCCCCC/C=C/C(O)C(COC1OC(CO)C(OC2OC(CO)C(O)C(O)C2O)C(O)C1O)NC(=O)CCCCCCCCCCCCCCCCCCCCCCCCCCCC. The van der Waals surface area contributed by atoms with Crippen LogP contribution < -0.4 is 5.32 Å². The van der Waals surface area contributed by atoms with Gasteiger partial charge in [0.05, 0.1) is 32.0 Å². The number of aliphatic hydroxyl groups excluding tert-OH is 8. The van der Waals surface area contributed by atoms with E-state index in [0.717, 1.165) is 38.5 Å². The largest absolute Gasteiger partial charge is 0.394 e. The van der Waals surface area contributed by atoms with Crippen LogP contribution in [0.2, 0.25) is 0 Å². The first-order valence-electron chi connectivity index (χ1n) is 33.4. The topological polar surface area (TPSA) is 228 Å². The van der Waals surface area contributed by atoms with Crippen LogP contribution in [-0.4, -0.2) is 140 Å². The van der Waals surface area contributed by atoms with Gasteiger partial charge in [0.2, 0.25) is 5.91 Å². The minimum atomic E-state index is -1.79. The first kappa shape index (κ1) is 73.8. The van der Waals surface area contributed by atoms with E-state index in [0.29, 0.717) is 6.42 Å². The summed E-state index contributed by atoms with van der Waals surface area (Å²) in [4.78, 5) is 13.3. The molecule has 2 saturated heterocycles. The van der Waals surface area contributed by atoms with E-state index in [-0.39, 0.29) is 18.9 Å². The number of aliphatic hydroxyl groups is 8. The third kappa shape index (κ3) is 36.2. The maximum absolute atomic E-state index is 13.3. The van der Waals surface area contributed by atoms with Crippen molar-refractivity contribution < 1.29 is 64.6 Å². The molecule has 79 heavy (non-hydrogen) atoms. The van der Waals surface area contributed by atoms with Crippen molar-refractivity contribution >= 4 is 5.91 Å². The second-order valence-corrected chi connectivity index (χ2v) is 24.0. The lowest BCUT2D eigenvalue weighted by Crippen LogP contribution is -2.65. The van der Waals surface area contributed by atoms with Gasteiger partial charge in [-0.15, -0.1) is 0 Å². The van der Waals surface area contributed by atoms with Crippen LogP contribution in [0.15, 0.2) is 12.2 Å². The Morgan fingerprint density at radius 3 is 1.16 bits per heavy atom. The molecule has 0 spiro atoms. The zero-order chi connectivity index (χ0) is 57.4. The van der Waals surface area contributed by atoms with Crippen molar-refractivity contribution in [3.63, 3.8) is 0 Å². The second-order valence-electron chi connectivity index (χ2n) is 24.0. The first-order valence-corrected chi connectivity index (χ1v) is 33.4. The predicted octanol–water partition coefficient (Wildman–Crippen LogP) is 12.6. The molecule has 0 saturated carbocycles. The number of allylic oxidation sites excluding steroid dienone is 1. The van der Waals surface area contributed by atoms with Crippen LogP contribution >= 0.6 is 0 Å². The van der Waals surface area contributed by atoms with Crippen LogP contribution in [0.1, 0.15) is 303 Å². The summed E-state index contributed by atoms with van der Waals surface area (Å²) in [5.74, 6) is -0.232. The number of unbranched alkanes of at least 4 members (excludes halogenated alkanes) is 42. The van der Waals surface area contributed by atoms with Gasteiger partial charge < -0.3 is 65.1 Å². The lowest BCUT2D eigenvalue weighted by molar-refractivity contribution is -0.359. The molecule has 12 atom stereocenters. The van der Waals surface area contributed by atoms with Gasteiger partial charge in [-0.1, -0.05) is 289 Å². The molecule has 468 valence electrons. The molecule has 2 aliphatic rings. The van der Waals surface area contributed by atoms with Gasteiger partial charge in [0.25, 0.3) is 0 Å². The molecule has 1 amide bonds. The molecule has 14 nitrogen and oxygen atoms in total. The summed E-state index contributed by atoms with van der Waals surface area (Å²) in [5.41, 5.74) is 0. The van der Waals surface area contributed by atoms with Gasteiger partial charge in [0.15, 0.2) is 12.6 Å². The van der Waals surface area contributed by atoms with Crippen molar-refractivity contribution in [2.45, 2.75) is 376 Å².